The predicted molar refractivity (Wildman–Crippen MR) is 185 cm³/mol. The fraction of sp³-hybridized carbons (Fsp3) is 0.447. The third kappa shape index (κ3) is 9.23. The maximum absolute atomic E-state index is 13.5. The first-order valence-electron chi connectivity index (χ1n) is 16.9. The number of rotatable bonds is 11. The minimum atomic E-state index is -0.680. The van der Waals surface area contributed by atoms with E-state index < -0.39 is 17.8 Å². The Morgan fingerprint density at radius 2 is 1.59 bits per heavy atom. The Bertz CT molecular complexity index is 1620. The first-order valence-corrected chi connectivity index (χ1v) is 16.9. The third-order valence-electron chi connectivity index (χ3n) is 8.72. The van der Waals surface area contributed by atoms with Gasteiger partial charge in [-0.1, -0.05) is 48.5 Å². The van der Waals surface area contributed by atoms with Crippen molar-refractivity contribution in [2.75, 3.05) is 39.3 Å². The molecule has 0 radical (unpaired) electrons. The van der Waals surface area contributed by atoms with Crippen LogP contribution in [-0.4, -0.2) is 99.5 Å². The molecule has 1 atom stereocenters. The quantitative estimate of drug-likeness (QED) is 0.185. The average Bonchev–Trinajstić information content (AvgIpc) is 3.31. The lowest BCUT2D eigenvalue weighted by molar-refractivity contribution is -0.00946. The van der Waals surface area contributed by atoms with Crippen LogP contribution in [0.2, 0.25) is 0 Å². The molecule has 11 nitrogen and oxygen atoms in total. The lowest BCUT2D eigenvalue weighted by Crippen LogP contribution is -2.60. The van der Waals surface area contributed by atoms with Crippen LogP contribution < -0.4 is 0 Å². The summed E-state index contributed by atoms with van der Waals surface area (Å²) in [6, 6.07) is 18.2. The number of ether oxygens (including phenoxy) is 2. The van der Waals surface area contributed by atoms with Crippen molar-refractivity contribution in [3.8, 4) is 0 Å². The van der Waals surface area contributed by atoms with Gasteiger partial charge in [0.25, 0.3) is 11.8 Å². The van der Waals surface area contributed by atoms with Crippen molar-refractivity contribution in [3.05, 3.63) is 100 Å². The number of aryl methyl sites for hydroxylation is 2. The second kappa shape index (κ2) is 15.6. The highest BCUT2D eigenvalue weighted by Crippen LogP contribution is 2.24. The number of benzene rings is 2. The summed E-state index contributed by atoms with van der Waals surface area (Å²) >= 11 is 0. The van der Waals surface area contributed by atoms with Gasteiger partial charge in [-0.3, -0.25) is 24.4 Å². The van der Waals surface area contributed by atoms with Gasteiger partial charge in [-0.05, 0) is 82.8 Å². The van der Waals surface area contributed by atoms with Gasteiger partial charge in [-0.2, -0.15) is 0 Å². The summed E-state index contributed by atoms with van der Waals surface area (Å²) in [7, 11) is 0. The second-order valence-electron chi connectivity index (χ2n) is 13.8. The number of hydrogen-bond acceptors (Lipinski definition) is 8. The van der Waals surface area contributed by atoms with Crippen LogP contribution in [0.25, 0.3) is 0 Å². The van der Waals surface area contributed by atoms with E-state index >= 15 is 0 Å². The smallest absolute Gasteiger partial charge is 0.410 e. The lowest BCUT2D eigenvalue weighted by atomic mass is 10.1. The van der Waals surface area contributed by atoms with Crippen LogP contribution in [0.4, 0.5) is 9.59 Å². The molecule has 0 bridgehead atoms. The number of aromatic nitrogens is 1. The number of pyridine rings is 1. The Balaban J connectivity index is 1.30. The molecule has 1 saturated heterocycles. The predicted octanol–water partition coefficient (Wildman–Crippen LogP) is 5.83. The van der Waals surface area contributed by atoms with E-state index in [2.05, 4.69) is 11.0 Å². The number of unbranched alkanes of at least 4 members (excludes halogenated alkanes) is 1. The van der Waals surface area contributed by atoms with E-state index in [4.69, 9.17) is 14.5 Å². The molecule has 0 spiro atoms. The van der Waals surface area contributed by atoms with Gasteiger partial charge < -0.3 is 19.3 Å². The van der Waals surface area contributed by atoms with Gasteiger partial charge in [0.2, 0.25) is 0 Å². The zero-order chi connectivity index (χ0) is 35.1. The SMILES string of the molecule is Cc1cnc(CN(CCCCN2C(=O)c3ccccc3C2=O)C[C@H]2CN(C(=O)OCc3ccccc3)CCN2C(=O)OC(C)(C)C)c(C)c1. The maximum atomic E-state index is 13.5. The molecular formula is C38H47N5O6. The molecule has 49 heavy (non-hydrogen) atoms. The number of carbonyl (C=O) groups is 4. The minimum Gasteiger partial charge on any atom is -0.445 e. The fourth-order valence-corrected chi connectivity index (χ4v) is 6.25. The number of nitrogens with zero attached hydrogens (tertiary/aromatic N) is 5. The fourth-order valence-electron chi connectivity index (χ4n) is 6.25. The van der Waals surface area contributed by atoms with E-state index in [-0.39, 0.29) is 31.0 Å². The molecule has 2 aliphatic rings. The zero-order valence-electron chi connectivity index (χ0n) is 29.2. The molecule has 0 unspecified atom stereocenters. The number of piperazine rings is 1. The molecule has 1 aromatic heterocycles. The molecule has 2 aromatic carbocycles. The first kappa shape index (κ1) is 35.5. The van der Waals surface area contributed by atoms with Crippen LogP contribution in [0.3, 0.4) is 0 Å². The van der Waals surface area contributed by atoms with E-state index in [0.29, 0.717) is 63.2 Å². The van der Waals surface area contributed by atoms with Gasteiger partial charge in [-0.25, -0.2) is 9.59 Å². The van der Waals surface area contributed by atoms with Gasteiger partial charge in [-0.15, -0.1) is 0 Å². The maximum Gasteiger partial charge on any atom is 0.410 e. The molecular weight excluding hydrogens is 622 g/mol. The number of fused-ring (bicyclic) bond motifs is 1. The summed E-state index contributed by atoms with van der Waals surface area (Å²) in [5.74, 6) is -0.516. The monoisotopic (exact) mass is 669 g/mol. The van der Waals surface area contributed by atoms with Crippen molar-refractivity contribution in [1.82, 2.24) is 24.6 Å². The number of imide groups is 1. The standard InChI is InChI=1S/C38H47N5O6/c1-27-21-28(2)33(39-22-27)25-40(17-11-12-18-43-34(44)31-15-9-10-16-32(31)35(43)45)23-30-24-41(19-20-42(30)37(47)49-38(3,4)5)36(46)48-26-29-13-7-6-8-14-29/h6-10,13-16,21-22,30H,11-12,17-20,23-26H2,1-5H3/t30-/m0/s1. The Kier molecular flexibility index (Phi) is 11.3. The Morgan fingerprint density at radius 3 is 2.24 bits per heavy atom. The van der Waals surface area contributed by atoms with Crippen molar-refractivity contribution in [3.63, 3.8) is 0 Å². The summed E-state index contributed by atoms with van der Waals surface area (Å²) in [5.41, 5.74) is 4.16. The van der Waals surface area contributed by atoms with Gasteiger partial charge in [0.15, 0.2) is 0 Å². The average molecular weight is 670 g/mol. The van der Waals surface area contributed by atoms with Crippen LogP contribution in [0.15, 0.2) is 66.9 Å². The molecule has 2 aliphatic heterocycles. The van der Waals surface area contributed by atoms with Crippen molar-refractivity contribution < 1.29 is 28.7 Å². The molecule has 5 rings (SSSR count). The van der Waals surface area contributed by atoms with Crippen LogP contribution in [-0.2, 0) is 22.6 Å². The molecule has 0 saturated carbocycles. The summed E-state index contributed by atoms with van der Waals surface area (Å²) in [5, 5.41) is 0. The molecule has 0 N–H and O–H groups in total. The highest BCUT2D eigenvalue weighted by atomic mass is 16.6. The minimum absolute atomic E-state index is 0.161. The molecule has 0 aliphatic carbocycles. The molecule has 4 amide bonds. The Hall–Kier alpha value is -4.77. The number of amides is 4. The van der Waals surface area contributed by atoms with Crippen LogP contribution in [0.5, 0.6) is 0 Å². The van der Waals surface area contributed by atoms with E-state index in [0.717, 1.165) is 22.4 Å². The lowest BCUT2D eigenvalue weighted by Gasteiger charge is -2.43. The van der Waals surface area contributed by atoms with E-state index in [1.54, 1.807) is 34.1 Å². The summed E-state index contributed by atoms with van der Waals surface area (Å²) < 4.78 is 11.5. The topological polar surface area (TPSA) is 113 Å². The molecule has 3 aromatic rings. The largest absolute Gasteiger partial charge is 0.445 e. The molecule has 3 heterocycles. The van der Waals surface area contributed by atoms with E-state index in [9.17, 15) is 19.2 Å². The number of hydrogen-bond donors (Lipinski definition) is 0. The van der Waals surface area contributed by atoms with Crippen LogP contribution in [0.1, 0.15) is 76.7 Å². The van der Waals surface area contributed by atoms with Gasteiger partial charge in [0, 0.05) is 45.5 Å². The van der Waals surface area contributed by atoms with Gasteiger partial charge in [0.05, 0.1) is 22.9 Å². The molecule has 260 valence electrons. The van der Waals surface area contributed by atoms with Crippen molar-refractivity contribution >= 4 is 24.0 Å². The van der Waals surface area contributed by atoms with Crippen molar-refractivity contribution in [1.29, 1.82) is 0 Å². The van der Waals surface area contributed by atoms with Crippen LogP contribution >= 0.6 is 0 Å². The Morgan fingerprint density at radius 1 is 0.918 bits per heavy atom. The zero-order valence-corrected chi connectivity index (χ0v) is 29.2. The first-order chi connectivity index (χ1) is 23.4. The summed E-state index contributed by atoms with van der Waals surface area (Å²) in [6.45, 7) is 12.5. The third-order valence-corrected chi connectivity index (χ3v) is 8.72. The van der Waals surface area contributed by atoms with E-state index in [1.165, 1.54) is 4.90 Å². The highest BCUT2D eigenvalue weighted by molar-refractivity contribution is 6.21. The highest BCUT2D eigenvalue weighted by Gasteiger charge is 2.37. The molecule has 1 fully saturated rings. The van der Waals surface area contributed by atoms with Gasteiger partial charge >= 0.3 is 12.2 Å². The van der Waals surface area contributed by atoms with Crippen molar-refractivity contribution in [2.45, 2.75) is 72.3 Å². The normalized spacial score (nSPS) is 16.3. The Labute approximate surface area is 288 Å². The number of carbonyl (C=O) groups excluding carboxylic acids is 4. The summed E-state index contributed by atoms with van der Waals surface area (Å²) in [6.07, 6.45) is 2.30. The molecule has 11 heteroatoms. The van der Waals surface area contributed by atoms with Crippen LogP contribution in [0, 0.1) is 13.8 Å². The van der Waals surface area contributed by atoms with Gasteiger partial charge in [0.1, 0.15) is 12.2 Å². The second-order valence-corrected chi connectivity index (χ2v) is 13.8. The summed E-state index contributed by atoms with van der Waals surface area (Å²) in [4.78, 5) is 64.2. The van der Waals surface area contributed by atoms with E-state index in [1.807, 2.05) is 71.1 Å². The van der Waals surface area contributed by atoms with Crippen molar-refractivity contribution in [2.24, 2.45) is 0 Å².